The molecule has 0 spiro atoms. The van der Waals surface area contributed by atoms with Crippen molar-refractivity contribution in [2.45, 2.75) is 0 Å². The van der Waals surface area contributed by atoms with Crippen LogP contribution >= 0.6 is 0 Å². The molecule has 4 nitrogen and oxygen atoms in total. The Morgan fingerprint density at radius 2 is 0.965 bits per heavy atom. The van der Waals surface area contributed by atoms with Crippen molar-refractivity contribution in [1.82, 2.24) is 4.98 Å². The van der Waals surface area contributed by atoms with Crippen molar-refractivity contribution in [3.63, 3.8) is 0 Å². The zero-order valence-electron chi connectivity index (χ0n) is 30.8. The molecule has 0 aliphatic heterocycles. The van der Waals surface area contributed by atoms with Gasteiger partial charge in [0, 0.05) is 39.0 Å². The van der Waals surface area contributed by atoms with Crippen LogP contribution in [0.25, 0.3) is 88.6 Å². The molecule has 9 aromatic carbocycles. The van der Waals surface area contributed by atoms with E-state index in [-0.39, 0.29) is 0 Å². The Hall–Kier alpha value is -7.69. The second-order valence-corrected chi connectivity index (χ2v) is 14.3. The summed E-state index contributed by atoms with van der Waals surface area (Å²) in [5, 5.41) is 4.51. The minimum absolute atomic E-state index is 0.572. The van der Waals surface area contributed by atoms with Gasteiger partial charge in [0.15, 0.2) is 5.58 Å². The van der Waals surface area contributed by atoms with Gasteiger partial charge >= 0.3 is 0 Å². The lowest BCUT2D eigenvalue weighted by Crippen LogP contribution is -2.10. The molecule has 0 unspecified atom stereocenters. The molecule has 0 bridgehead atoms. The lowest BCUT2D eigenvalue weighted by molar-refractivity contribution is 0.621. The summed E-state index contributed by atoms with van der Waals surface area (Å²) in [6.07, 6.45) is 0. The third-order valence-corrected chi connectivity index (χ3v) is 10.9. The van der Waals surface area contributed by atoms with Gasteiger partial charge < -0.3 is 13.7 Å². The van der Waals surface area contributed by atoms with Gasteiger partial charge in [-0.25, -0.2) is 4.98 Å². The first-order valence-electron chi connectivity index (χ1n) is 19.2. The van der Waals surface area contributed by atoms with Gasteiger partial charge in [0.2, 0.25) is 5.89 Å². The smallest absolute Gasteiger partial charge is 0.228 e. The molecule has 0 atom stereocenters. The molecular weight excluding hydrogens is 697 g/mol. The normalized spacial score (nSPS) is 11.5. The van der Waals surface area contributed by atoms with E-state index in [4.69, 9.17) is 13.8 Å². The summed E-state index contributed by atoms with van der Waals surface area (Å²) in [5.41, 5.74) is 14.1. The second-order valence-electron chi connectivity index (χ2n) is 14.3. The Labute approximate surface area is 329 Å². The number of hydrogen-bond donors (Lipinski definition) is 0. The number of fused-ring (bicyclic) bond motifs is 5. The first-order valence-corrected chi connectivity index (χ1v) is 19.2. The van der Waals surface area contributed by atoms with Crippen LogP contribution < -0.4 is 4.90 Å². The summed E-state index contributed by atoms with van der Waals surface area (Å²) in [4.78, 5) is 7.32. The minimum atomic E-state index is 0.572. The Balaban J connectivity index is 1.00. The first-order chi connectivity index (χ1) is 28.2. The van der Waals surface area contributed by atoms with E-state index in [1.54, 1.807) is 0 Å². The standard InChI is InChI=1S/C53H34N2O2/c1-2-12-35(13-3-1)36-26-30-40(31-27-36)55(42-17-8-16-39(34-42)44-20-9-15-37-14-4-5-18-43(37)44)41-32-28-38(29-33-41)45-21-10-23-48-52(45)57-53(54-48)47-22-11-25-50-51(47)46-19-6-7-24-49(46)56-50/h1-34H. The van der Waals surface area contributed by atoms with Gasteiger partial charge in [-0.15, -0.1) is 0 Å². The maximum atomic E-state index is 6.65. The molecule has 4 heteroatoms. The molecule has 268 valence electrons. The summed E-state index contributed by atoms with van der Waals surface area (Å²) >= 11 is 0. The SMILES string of the molecule is c1ccc(-c2ccc(N(c3ccc(-c4cccc5nc(-c6cccc7oc8ccccc8c67)oc45)cc3)c3cccc(-c4cccc5ccccc45)c3)cc2)cc1. The quantitative estimate of drug-likeness (QED) is 0.164. The number of furan rings is 1. The lowest BCUT2D eigenvalue weighted by atomic mass is 9.97. The maximum absolute atomic E-state index is 6.65. The number of oxazole rings is 1. The third kappa shape index (κ3) is 5.74. The van der Waals surface area contributed by atoms with Crippen LogP contribution in [0.1, 0.15) is 0 Å². The van der Waals surface area contributed by atoms with Crippen molar-refractivity contribution >= 4 is 60.9 Å². The van der Waals surface area contributed by atoms with Crippen molar-refractivity contribution in [2.24, 2.45) is 0 Å². The zero-order valence-corrected chi connectivity index (χ0v) is 30.8. The van der Waals surface area contributed by atoms with E-state index in [1.807, 2.05) is 42.5 Å². The van der Waals surface area contributed by atoms with E-state index in [9.17, 15) is 0 Å². The molecule has 57 heavy (non-hydrogen) atoms. The molecule has 11 rings (SSSR count). The molecule has 2 heterocycles. The fourth-order valence-electron chi connectivity index (χ4n) is 8.20. The largest absolute Gasteiger partial charge is 0.456 e. The fourth-order valence-corrected chi connectivity index (χ4v) is 8.20. The Bertz CT molecular complexity index is 3230. The maximum Gasteiger partial charge on any atom is 0.228 e. The highest BCUT2D eigenvalue weighted by molar-refractivity contribution is 6.12. The van der Waals surface area contributed by atoms with E-state index < -0.39 is 0 Å². The molecule has 2 aromatic heterocycles. The minimum Gasteiger partial charge on any atom is -0.456 e. The number of benzene rings is 9. The van der Waals surface area contributed by atoms with Gasteiger partial charge in [-0.1, -0.05) is 146 Å². The van der Waals surface area contributed by atoms with E-state index in [0.29, 0.717) is 5.89 Å². The van der Waals surface area contributed by atoms with Gasteiger partial charge in [-0.2, -0.15) is 0 Å². The van der Waals surface area contributed by atoms with Gasteiger partial charge in [0.05, 0.1) is 0 Å². The Morgan fingerprint density at radius 3 is 1.81 bits per heavy atom. The highest BCUT2D eigenvalue weighted by Crippen LogP contribution is 2.42. The van der Waals surface area contributed by atoms with Gasteiger partial charge in [0.25, 0.3) is 0 Å². The molecular formula is C53H34N2O2. The topological polar surface area (TPSA) is 42.4 Å². The number of rotatable bonds is 7. The number of hydrogen-bond acceptors (Lipinski definition) is 4. The van der Waals surface area contributed by atoms with Crippen LogP contribution in [0.2, 0.25) is 0 Å². The Kier molecular flexibility index (Phi) is 7.78. The van der Waals surface area contributed by atoms with Crippen molar-refractivity contribution in [1.29, 1.82) is 0 Å². The summed E-state index contributed by atoms with van der Waals surface area (Å²) < 4.78 is 12.8. The number of para-hydroxylation sites is 2. The summed E-state index contributed by atoms with van der Waals surface area (Å²) in [7, 11) is 0. The molecule has 0 amide bonds. The van der Waals surface area contributed by atoms with Crippen LogP contribution in [-0.4, -0.2) is 4.98 Å². The van der Waals surface area contributed by atoms with Gasteiger partial charge in [-0.3, -0.25) is 0 Å². The number of aromatic nitrogens is 1. The predicted octanol–water partition coefficient (Wildman–Crippen LogP) is 15.0. The van der Waals surface area contributed by atoms with Crippen LogP contribution in [0.5, 0.6) is 0 Å². The predicted molar refractivity (Wildman–Crippen MR) is 235 cm³/mol. The molecule has 0 saturated heterocycles. The second kappa shape index (κ2) is 13.6. The average molecular weight is 731 g/mol. The molecule has 0 aliphatic rings. The molecule has 0 saturated carbocycles. The van der Waals surface area contributed by atoms with Crippen molar-refractivity contribution in [2.75, 3.05) is 4.90 Å². The van der Waals surface area contributed by atoms with E-state index in [2.05, 4.69) is 169 Å². The number of anilines is 3. The zero-order chi connectivity index (χ0) is 37.7. The molecule has 0 fully saturated rings. The van der Waals surface area contributed by atoms with Gasteiger partial charge in [0.1, 0.15) is 16.7 Å². The molecule has 0 N–H and O–H groups in total. The monoisotopic (exact) mass is 730 g/mol. The average Bonchev–Trinajstić information content (AvgIpc) is 3.90. The first kappa shape index (κ1) is 32.7. The Morgan fingerprint density at radius 1 is 0.368 bits per heavy atom. The van der Waals surface area contributed by atoms with Crippen LogP contribution in [0.15, 0.2) is 215 Å². The van der Waals surface area contributed by atoms with Crippen LogP contribution in [0.3, 0.4) is 0 Å². The van der Waals surface area contributed by atoms with E-state index in [1.165, 1.54) is 33.0 Å². The summed E-state index contributed by atoms with van der Waals surface area (Å²) in [6.45, 7) is 0. The summed E-state index contributed by atoms with van der Waals surface area (Å²) in [5.74, 6) is 0.572. The van der Waals surface area contributed by atoms with E-state index >= 15 is 0 Å². The number of nitrogens with zero attached hydrogens (tertiary/aromatic N) is 2. The van der Waals surface area contributed by atoms with Crippen molar-refractivity contribution in [3.8, 4) is 44.8 Å². The fraction of sp³-hybridized carbons (Fsp3) is 0. The summed E-state index contributed by atoms with van der Waals surface area (Å²) in [6, 6.07) is 72.3. The van der Waals surface area contributed by atoms with Crippen molar-refractivity contribution < 1.29 is 8.83 Å². The van der Waals surface area contributed by atoms with Crippen LogP contribution in [0.4, 0.5) is 17.1 Å². The third-order valence-electron chi connectivity index (χ3n) is 10.9. The van der Waals surface area contributed by atoms with Crippen LogP contribution in [-0.2, 0) is 0 Å². The molecule has 0 radical (unpaired) electrons. The highest BCUT2D eigenvalue weighted by atomic mass is 16.4. The lowest BCUT2D eigenvalue weighted by Gasteiger charge is -2.26. The van der Waals surface area contributed by atoms with E-state index in [0.717, 1.165) is 66.8 Å². The van der Waals surface area contributed by atoms with Crippen LogP contribution in [0, 0.1) is 0 Å². The molecule has 0 aliphatic carbocycles. The molecule has 11 aromatic rings. The highest BCUT2D eigenvalue weighted by Gasteiger charge is 2.19. The van der Waals surface area contributed by atoms with Gasteiger partial charge in [-0.05, 0) is 99.3 Å². The van der Waals surface area contributed by atoms with Crippen molar-refractivity contribution in [3.05, 3.63) is 206 Å².